The molecular formula is C20H28N4O. The molecule has 2 aromatic heterocycles. The number of rotatable bonds is 3. The number of amides is 1. The van der Waals surface area contributed by atoms with Crippen molar-refractivity contribution in [2.45, 2.75) is 58.4 Å². The zero-order valence-electron chi connectivity index (χ0n) is 15.7. The van der Waals surface area contributed by atoms with Gasteiger partial charge in [0.05, 0.1) is 11.7 Å². The van der Waals surface area contributed by atoms with Crippen LogP contribution in [0.5, 0.6) is 0 Å². The Morgan fingerprint density at radius 1 is 1.20 bits per heavy atom. The molecule has 0 atom stereocenters. The van der Waals surface area contributed by atoms with E-state index in [1.54, 1.807) is 11.1 Å². The quantitative estimate of drug-likeness (QED) is 0.839. The number of carbonyl (C=O) groups is 1. The molecule has 5 nitrogen and oxygen atoms in total. The normalized spacial score (nSPS) is 16.0. The molecule has 1 saturated carbocycles. The highest BCUT2D eigenvalue weighted by atomic mass is 16.2. The maximum absolute atomic E-state index is 12.8. The molecule has 25 heavy (non-hydrogen) atoms. The second-order valence-corrected chi connectivity index (χ2v) is 7.98. The highest BCUT2D eigenvalue weighted by Crippen LogP contribution is 2.28. The van der Waals surface area contributed by atoms with Gasteiger partial charge >= 0.3 is 0 Å². The average molecular weight is 340 g/mol. The summed E-state index contributed by atoms with van der Waals surface area (Å²) < 4.78 is 1.96. The van der Waals surface area contributed by atoms with Crippen LogP contribution in [0.2, 0.25) is 0 Å². The Balaban J connectivity index is 1.81. The molecule has 1 aliphatic rings. The molecule has 0 saturated heterocycles. The van der Waals surface area contributed by atoms with Gasteiger partial charge in [0.15, 0.2) is 0 Å². The van der Waals surface area contributed by atoms with Gasteiger partial charge in [0.25, 0.3) is 0 Å². The first-order valence-electron chi connectivity index (χ1n) is 9.15. The summed E-state index contributed by atoms with van der Waals surface area (Å²) >= 11 is 0. The third-order valence-corrected chi connectivity index (χ3v) is 4.98. The number of hydrogen-bond acceptors (Lipinski definition) is 3. The van der Waals surface area contributed by atoms with E-state index in [4.69, 9.17) is 0 Å². The van der Waals surface area contributed by atoms with Gasteiger partial charge < -0.3 is 0 Å². The van der Waals surface area contributed by atoms with Crippen LogP contribution in [0.4, 0.5) is 5.82 Å². The van der Waals surface area contributed by atoms with Crippen molar-refractivity contribution < 1.29 is 4.79 Å². The maximum atomic E-state index is 12.8. The Kier molecular flexibility index (Phi) is 4.93. The summed E-state index contributed by atoms with van der Waals surface area (Å²) in [4.78, 5) is 18.9. The average Bonchev–Trinajstić information content (AvgIpc) is 3.12. The number of hydrogen-bond donors (Lipinski definition) is 0. The fourth-order valence-corrected chi connectivity index (χ4v) is 3.36. The number of anilines is 1. The fraction of sp³-hybridized carbons (Fsp3) is 0.550. The van der Waals surface area contributed by atoms with E-state index >= 15 is 0 Å². The monoisotopic (exact) mass is 340 g/mol. The van der Waals surface area contributed by atoms with Crippen LogP contribution in [0, 0.1) is 5.92 Å². The molecule has 3 rings (SSSR count). The van der Waals surface area contributed by atoms with Crippen LogP contribution in [0.3, 0.4) is 0 Å². The molecule has 1 fully saturated rings. The molecule has 0 aliphatic heterocycles. The molecule has 134 valence electrons. The van der Waals surface area contributed by atoms with E-state index < -0.39 is 0 Å². The van der Waals surface area contributed by atoms with Gasteiger partial charge in [-0.3, -0.25) is 14.4 Å². The Morgan fingerprint density at radius 3 is 2.56 bits per heavy atom. The minimum Gasteiger partial charge on any atom is -0.300 e. The van der Waals surface area contributed by atoms with Crippen LogP contribution in [0.15, 0.2) is 30.7 Å². The molecule has 2 heterocycles. The van der Waals surface area contributed by atoms with Crippen molar-refractivity contribution in [2.75, 3.05) is 11.9 Å². The lowest BCUT2D eigenvalue weighted by atomic mass is 9.88. The molecule has 0 spiro atoms. The second-order valence-electron chi connectivity index (χ2n) is 7.98. The summed E-state index contributed by atoms with van der Waals surface area (Å²) in [5.41, 5.74) is 2.02. The van der Waals surface area contributed by atoms with Gasteiger partial charge in [0, 0.05) is 30.9 Å². The molecule has 0 unspecified atom stereocenters. The van der Waals surface area contributed by atoms with E-state index in [0.29, 0.717) is 5.82 Å². The van der Waals surface area contributed by atoms with Crippen molar-refractivity contribution in [3.05, 3.63) is 30.7 Å². The highest BCUT2D eigenvalue weighted by Gasteiger charge is 2.25. The summed E-state index contributed by atoms with van der Waals surface area (Å²) in [6.45, 7) is 6.37. The lowest BCUT2D eigenvalue weighted by molar-refractivity contribution is -0.123. The molecule has 5 heteroatoms. The molecule has 0 bridgehead atoms. The summed E-state index contributed by atoms with van der Waals surface area (Å²) in [6.07, 6.45) is 11.2. The van der Waals surface area contributed by atoms with Gasteiger partial charge in [0.1, 0.15) is 5.82 Å². The van der Waals surface area contributed by atoms with E-state index in [1.165, 1.54) is 6.42 Å². The first kappa shape index (κ1) is 17.6. The number of nitrogens with zero attached hydrogens (tertiary/aromatic N) is 4. The highest BCUT2D eigenvalue weighted by molar-refractivity contribution is 5.94. The van der Waals surface area contributed by atoms with Crippen molar-refractivity contribution in [3.63, 3.8) is 0 Å². The molecule has 0 radical (unpaired) electrons. The van der Waals surface area contributed by atoms with Crippen molar-refractivity contribution in [1.29, 1.82) is 0 Å². The third kappa shape index (κ3) is 3.91. The largest absolute Gasteiger partial charge is 0.300 e. The summed E-state index contributed by atoms with van der Waals surface area (Å²) in [6, 6.07) is 3.94. The standard InChI is InChI=1S/C20H28N4O/c1-20(2,3)24-14-17(13-22-24)16-10-11-21-18(12-16)23(4)19(25)15-8-6-5-7-9-15/h10-15H,5-9H2,1-4H3. The van der Waals surface area contributed by atoms with E-state index in [1.807, 2.05) is 36.3 Å². The molecule has 1 amide bonds. The van der Waals surface area contributed by atoms with Crippen molar-refractivity contribution in [1.82, 2.24) is 14.8 Å². The molecule has 0 N–H and O–H groups in total. The van der Waals surface area contributed by atoms with Gasteiger partial charge in [-0.1, -0.05) is 19.3 Å². The topological polar surface area (TPSA) is 51.0 Å². The van der Waals surface area contributed by atoms with Crippen LogP contribution >= 0.6 is 0 Å². The van der Waals surface area contributed by atoms with Crippen molar-refractivity contribution in [2.24, 2.45) is 5.92 Å². The van der Waals surface area contributed by atoms with Gasteiger partial charge in [-0.25, -0.2) is 4.98 Å². The van der Waals surface area contributed by atoms with Crippen LogP contribution < -0.4 is 4.90 Å². The lowest BCUT2D eigenvalue weighted by Gasteiger charge is -2.26. The lowest BCUT2D eigenvalue weighted by Crippen LogP contribution is -2.34. The number of pyridine rings is 1. The van der Waals surface area contributed by atoms with Crippen LogP contribution in [-0.2, 0) is 10.3 Å². The molecular weight excluding hydrogens is 312 g/mol. The fourth-order valence-electron chi connectivity index (χ4n) is 3.36. The van der Waals surface area contributed by atoms with E-state index in [0.717, 1.165) is 36.8 Å². The zero-order chi connectivity index (χ0) is 18.0. The van der Waals surface area contributed by atoms with Gasteiger partial charge in [-0.05, 0) is 51.3 Å². The Hall–Kier alpha value is -2.17. The Morgan fingerprint density at radius 2 is 1.92 bits per heavy atom. The van der Waals surface area contributed by atoms with Gasteiger partial charge in [0.2, 0.25) is 5.91 Å². The van der Waals surface area contributed by atoms with Crippen LogP contribution in [0.25, 0.3) is 11.1 Å². The van der Waals surface area contributed by atoms with Gasteiger partial charge in [-0.15, -0.1) is 0 Å². The minimum absolute atomic E-state index is 0.0537. The smallest absolute Gasteiger partial charge is 0.230 e. The zero-order valence-corrected chi connectivity index (χ0v) is 15.7. The first-order chi connectivity index (χ1) is 11.9. The predicted octanol–water partition coefficient (Wildman–Crippen LogP) is 4.24. The SMILES string of the molecule is CN(C(=O)C1CCCCC1)c1cc(-c2cnn(C(C)(C)C)c2)ccn1. The predicted molar refractivity (Wildman–Crippen MR) is 100 cm³/mol. The summed E-state index contributed by atoms with van der Waals surface area (Å²) in [5, 5.41) is 4.46. The molecule has 2 aromatic rings. The molecule has 1 aliphatic carbocycles. The summed E-state index contributed by atoms with van der Waals surface area (Å²) in [7, 11) is 1.83. The first-order valence-corrected chi connectivity index (χ1v) is 9.15. The Labute approximate surface area is 150 Å². The van der Waals surface area contributed by atoms with Crippen molar-refractivity contribution >= 4 is 11.7 Å². The third-order valence-electron chi connectivity index (χ3n) is 4.98. The second kappa shape index (κ2) is 6.98. The maximum Gasteiger partial charge on any atom is 0.230 e. The number of carbonyl (C=O) groups excluding carboxylic acids is 1. The van der Waals surface area contributed by atoms with Crippen molar-refractivity contribution in [3.8, 4) is 11.1 Å². The van der Waals surface area contributed by atoms with Crippen LogP contribution in [-0.4, -0.2) is 27.7 Å². The number of aromatic nitrogens is 3. The van der Waals surface area contributed by atoms with Crippen LogP contribution in [0.1, 0.15) is 52.9 Å². The minimum atomic E-state index is -0.0537. The Bertz CT molecular complexity index is 738. The van der Waals surface area contributed by atoms with E-state index in [-0.39, 0.29) is 17.4 Å². The summed E-state index contributed by atoms with van der Waals surface area (Å²) in [5.74, 6) is 1.04. The molecule has 0 aromatic carbocycles. The van der Waals surface area contributed by atoms with E-state index in [2.05, 4.69) is 30.9 Å². The van der Waals surface area contributed by atoms with Gasteiger partial charge in [-0.2, -0.15) is 5.10 Å². The van der Waals surface area contributed by atoms with E-state index in [9.17, 15) is 4.79 Å².